The second-order valence-corrected chi connectivity index (χ2v) is 0.908. The van der Waals surface area contributed by atoms with Crippen LogP contribution in [0.2, 0.25) is 0 Å². The van der Waals surface area contributed by atoms with Crippen molar-refractivity contribution < 1.29 is 43.0 Å². The topological polar surface area (TPSA) is 17.1 Å². The molecule has 0 spiro atoms. The van der Waals surface area contributed by atoms with Gasteiger partial charge >= 0.3 is 0 Å². The first-order valence-corrected chi connectivity index (χ1v) is 1.20. The van der Waals surface area contributed by atoms with Gasteiger partial charge in [0.05, 0.1) is 0 Å². The van der Waals surface area contributed by atoms with Crippen molar-refractivity contribution in [3.63, 3.8) is 0 Å². The third-order valence-corrected chi connectivity index (χ3v) is 0. The van der Waals surface area contributed by atoms with Gasteiger partial charge in [-0.1, -0.05) is 0 Å². The van der Waals surface area contributed by atoms with Crippen molar-refractivity contribution in [1.82, 2.24) is 0 Å². The van der Waals surface area contributed by atoms with Crippen LogP contribution in [0.5, 0.6) is 0 Å². The molecule has 0 aliphatic rings. The fraction of sp³-hybridized carbons (Fsp3) is 0.667. The summed E-state index contributed by atoms with van der Waals surface area (Å²) in [5, 5.41) is 0. The van der Waals surface area contributed by atoms with Crippen molar-refractivity contribution in [3.05, 3.63) is 0 Å². The molecule has 0 aliphatic heterocycles. The van der Waals surface area contributed by atoms with Crippen LogP contribution in [0.1, 0.15) is 13.8 Å². The number of ketones is 1. The van der Waals surface area contributed by atoms with Crippen LogP contribution in [0.4, 0.5) is 0 Å². The van der Waals surface area contributed by atoms with E-state index in [9.17, 15) is 4.79 Å². The molecule has 1 nitrogen and oxygen atoms in total. The molecule has 5 heavy (non-hydrogen) atoms. The van der Waals surface area contributed by atoms with Gasteiger partial charge in [-0.15, -0.1) is 0 Å². The van der Waals surface area contributed by atoms with E-state index in [1.165, 1.54) is 13.8 Å². The summed E-state index contributed by atoms with van der Waals surface area (Å²) < 4.78 is 0. The standard InChI is InChI=1S/C3H6O.Dy/c1-3(2)4;/h1-2H3;. The predicted octanol–water partition coefficient (Wildman–Crippen LogP) is 0.595. The Balaban J connectivity index is 0. The molecular weight excluding hydrogens is 215 g/mol. The molecule has 0 N–H and O–H groups in total. The van der Waals surface area contributed by atoms with Crippen molar-refractivity contribution in [2.24, 2.45) is 0 Å². The van der Waals surface area contributed by atoms with E-state index in [1.54, 1.807) is 0 Å². The summed E-state index contributed by atoms with van der Waals surface area (Å²) >= 11 is 0. The average molecular weight is 221 g/mol. The second kappa shape index (κ2) is 4.94. The van der Waals surface area contributed by atoms with Gasteiger partial charge in [0.2, 0.25) is 0 Å². The maximum absolute atomic E-state index is 9.44. The maximum atomic E-state index is 9.44. The summed E-state index contributed by atoms with van der Waals surface area (Å²) in [6.07, 6.45) is 0. The molecule has 0 unspecified atom stereocenters. The van der Waals surface area contributed by atoms with Crippen LogP contribution >= 0.6 is 0 Å². The van der Waals surface area contributed by atoms with Gasteiger partial charge < -0.3 is 4.79 Å². The Bertz CT molecular complexity index is 29.9. The zero-order chi connectivity index (χ0) is 3.58. The van der Waals surface area contributed by atoms with E-state index >= 15 is 0 Å². The Morgan fingerprint density at radius 2 is 1.40 bits per heavy atom. The van der Waals surface area contributed by atoms with E-state index in [0.717, 1.165) is 0 Å². The Labute approximate surface area is 62.2 Å². The fourth-order valence-corrected chi connectivity index (χ4v) is 0. The minimum absolute atomic E-state index is 0. The molecule has 0 amide bonds. The number of hydrogen-bond acceptors (Lipinski definition) is 1. The Kier molecular flexibility index (Phi) is 9.23. The second-order valence-electron chi connectivity index (χ2n) is 0.908. The first-order chi connectivity index (χ1) is 1.73. The molecule has 34 valence electrons. The van der Waals surface area contributed by atoms with E-state index < -0.39 is 0 Å². The van der Waals surface area contributed by atoms with Gasteiger partial charge in [0.25, 0.3) is 0 Å². The summed E-state index contributed by atoms with van der Waals surface area (Å²) in [4.78, 5) is 9.44. The van der Waals surface area contributed by atoms with Crippen molar-refractivity contribution >= 4 is 5.78 Å². The quantitative estimate of drug-likeness (QED) is 0.584. The van der Waals surface area contributed by atoms with Crippen LogP contribution in [-0.4, -0.2) is 5.78 Å². The zero-order valence-electron chi connectivity index (χ0n) is 3.22. The normalized spacial score (nSPS) is 5.20. The molecule has 0 heterocycles. The molecule has 0 saturated carbocycles. The molecule has 0 aromatic heterocycles. The van der Waals surface area contributed by atoms with Gasteiger partial charge in [0.15, 0.2) is 0 Å². The largest absolute Gasteiger partial charge is 0.300 e. The SMILES string of the molecule is CC(C)=O.[Dy]. The smallest absolute Gasteiger partial charge is 0.126 e. The molecule has 0 aliphatic carbocycles. The summed E-state index contributed by atoms with van der Waals surface area (Å²) in [6.45, 7) is 3.06. The van der Waals surface area contributed by atoms with Crippen molar-refractivity contribution in [3.8, 4) is 0 Å². The van der Waals surface area contributed by atoms with Crippen LogP contribution in [0.15, 0.2) is 0 Å². The zero-order valence-corrected chi connectivity index (χ0v) is 5.25. The van der Waals surface area contributed by atoms with E-state index in [0.29, 0.717) is 0 Å². The molecular formula is C3H6DyO. The van der Waals surface area contributed by atoms with Gasteiger partial charge in [-0.25, -0.2) is 0 Å². The van der Waals surface area contributed by atoms with Crippen LogP contribution in [0.3, 0.4) is 0 Å². The van der Waals surface area contributed by atoms with E-state index in [2.05, 4.69) is 0 Å². The van der Waals surface area contributed by atoms with Gasteiger partial charge in [-0.2, -0.15) is 0 Å². The fourth-order valence-electron chi connectivity index (χ4n) is 0. The molecule has 0 rings (SSSR count). The minimum atomic E-state index is 0. The molecule has 2 heteroatoms. The number of Topliss-reactive ketones (excluding diaryl/α,β-unsaturated/α-hetero) is 1. The molecule has 0 fully saturated rings. The monoisotopic (exact) mass is 222 g/mol. The minimum Gasteiger partial charge on any atom is -0.300 e. The van der Waals surface area contributed by atoms with Crippen molar-refractivity contribution in [2.45, 2.75) is 13.8 Å². The third kappa shape index (κ3) is 48.2. The average Bonchev–Trinajstić information content (AvgIpc) is 0.811. The van der Waals surface area contributed by atoms with E-state index in [-0.39, 0.29) is 44.0 Å². The number of carbonyl (C=O) groups excluding carboxylic acids is 1. The Morgan fingerprint density at radius 3 is 1.40 bits per heavy atom. The predicted molar refractivity (Wildman–Crippen MR) is 16.4 cm³/mol. The van der Waals surface area contributed by atoms with Crippen molar-refractivity contribution in [2.75, 3.05) is 0 Å². The summed E-state index contributed by atoms with van der Waals surface area (Å²) in [6, 6.07) is 0. The molecule has 0 aromatic carbocycles. The summed E-state index contributed by atoms with van der Waals surface area (Å²) in [5.74, 6) is 0.167. The van der Waals surface area contributed by atoms with Crippen LogP contribution in [0.25, 0.3) is 0 Å². The first-order valence-electron chi connectivity index (χ1n) is 1.20. The third-order valence-electron chi connectivity index (χ3n) is 0. The summed E-state index contributed by atoms with van der Waals surface area (Å²) in [5.41, 5.74) is 0. The first kappa shape index (κ1) is 9.34. The molecule has 0 saturated heterocycles. The van der Waals surface area contributed by atoms with E-state index in [1.807, 2.05) is 0 Å². The Morgan fingerprint density at radius 1 is 1.40 bits per heavy atom. The van der Waals surface area contributed by atoms with Crippen LogP contribution < -0.4 is 0 Å². The summed E-state index contributed by atoms with van der Waals surface area (Å²) in [7, 11) is 0. The molecule has 0 aromatic rings. The van der Waals surface area contributed by atoms with E-state index in [4.69, 9.17) is 0 Å². The van der Waals surface area contributed by atoms with Crippen LogP contribution in [0, 0.1) is 38.2 Å². The van der Waals surface area contributed by atoms with Gasteiger partial charge in [-0.3, -0.25) is 0 Å². The molecule has 0 bridgehead atoms. The van der Waals surface area contributed by atoms with Crippen molar-refractivity contribution in [1.29, 1.82) is 0 Å². The number of hydrogen-bond donors (Lipinski definition) is 0. The van der Waals surface area contributed by atoms with Gasteiger partial charge in [-0.05, 0) is 13.8 Å². The Hall–Kier alpha value is 0.943. The van der Waals surface area contributed by atoms with Gasteiger partial charge in [0, 0.05) is 38.2 Å². The van der Waals surface area contributed by atoms with Gasteiger partial charge in [0.1, 0.15) is 5.78 Å². The number of rotatable bonds is 0. The molecule has 0 atom stereocenters. The van der Waals surface area contributed by atoms with Crippen LogP contribution in [-0.2, 0) is 4.79 Å². The maximum Gasteiger partial charge on any atom is 0.126 e. The molecule has 0 radical (unpaired) electrons. The number of carbonyl (C=O) groups is 1.